The third kappa shape index (κ3) is 6.43. The van der Waals surface area contributed by atoms with Crippen LogP contribution in [-0.4, -0.2) is 109 Å². The van der Waals surface area contributed by atoms with Gasteiger partial charge in [-0.1, -0.05) is 24.3 Å². The van der Waals surface area contributed by atoms with Gasteiger partial charge in [0.25, 0.3) is 0 Å². The second kappa shape index (κ2) is 11.9. The Labute approximate surface area is 218 Å². The van der Waals surface area contributed by atoms with E-state index >= 15 is 0 Å². The molecule has 0 bridgehead atoms. The minimum absolute atomic E-state index is 0.0969. The van der Waals surface area contributed by atoms with Crippen LogP contribution in [0, 0.1) is 0 Å². The van der Waals surface area contributed by atoms with E-state index in [1.807, 2.05) is 0 Å². The molecule has 2 aliphatic rings. The number of phenolic OH excluding ortho intramolecular Hbond substituents is 2. The molecule has 2 fully saturated rings. The quantitative estimate of drug-likeness (QED) is 0.207. The summed E-state index contributed by atoms with van der Waals surface area (Å²) in [7, 11) is 0. The lowest BCUT2D eigenvalue weighted by atomic mass is 9.98. The van der Waals surface area contributed by atoms with Gasteiger partial charge in [0.1, 0.15) is 60.0 Å². The molecule has 12 heteroatoms. The maximum atomic E-state index is 10.4. The molecule has 2 aromatic carbocycles. The summed E-state index contributed by atoms with van der Waals surface area (Å²) in [4.78, 5) is 0. The number of aliphatic hydroxyl groups is 6. The SMILES string of the molecule is C[C@@H]1O[C@@H](OC[C@H]2O[C@@H](Oc3cc(O)cc(/C=C\c4ccc(O)cc4)c3)[C@H](O)[C@@H](O)[C@@H]2O)[C@H](O)[C@H](O)[C@H]1O. The number of rotatable bonds is 7. The second-order valence-corrected chi connectivity index (χ2v) is 9.33. The van der Waals surface area contributed by atoms with Gasteiger partial charge in [-0.05, 0) is 42.3 Å². The third-order valence-electron chi connectivity index (χ3n) is 6.43. The molecule has 2 aliphatic heterocycles. The minimum atomic E-state index is -1.68. The minimum Gasteiger partial charge on any atom is -0.508 e. The van der Waals surface area contributed by atoms with Crippen molar-refractivity contribution in [1.29, 1.82) is 0 Å². The van der Waals surface area contributed by atoms with Crippen LogP contribution in [0.15, 0.2) is 42.5 Å². The summed E-state index contributed by atoms with van der Waals surface area (Å²) in [6.45, 7) is 1.05. The van der Waals surface area contributed by atoms with E-state index in [1.165, 1.54) is 31.2 Å². The number of aromatic hydroxyl groups is 2. The molecule has 4 rings (SSSR count). The number of hydrogen-bond donors (Lipinski definition) is 8. The largest absolute Gasteiger partial charge is 0.508 e. The number of benzene rings is 2. The lowest BCUT2D eigenvalue weighted by Gasteiger charge is -2.42. The molecule has 0 saturated carbocycles. The highest BCUT2D eigenvalue weighted by molar-refractivity contribution is 5.71. The summed E-state index contributed by atoms with van der Waals surface area (Å²) in [5.41, 5.74) is 1.33. The van der Waals surface area contributed by atoms with Crippen LogP contribution in [-0.2, 0) is 14.2 Å². The Morgan fingerprint density at radius 2 is 1.32 bits per heavy atom. The van der Waals surface area contributed by atoms with E-state index in [9.17, 15) is 40.9 Å². The van der Waals surface area contributed by atoms with Crippen LogP contribution in [0.3, 0.4) is 0 Å². The molecule has 0 unspecified atom stereocenters. The van der Waals surface area contributed by atoms with Crippen molar-refractivity contribution in [2.24, 2.45) is 0 Å². The molecular formula is C26H32O12. The lowest BCUT2D eigenvalue weighted by molar-refractivity contribution is -0.318. The van der Waals surface area contributed by atoms with Crippen molar-refractivity contribution >= 4 is 12.2 Å². The summed E-state index contributed by atoms with van der Waals surface area (Å²) in [6, 6.07) is 10.8. The molecule has 208 valence electrons. The number of phenols is 2. The summed E-state index contributed by atoms with van der Waals surface area (Å²) < 4.78 is 22.1. The van der Waals surface area contributed by atoms with Crippen molar-refractivity contribution in [3.05, 3.63) is 53.6 Å². The van der Waals surface area contributed by atoms with Crippen LogP contribution in [0.1, 0.15) is 18.1 Å². The third-order valence-corrected chi connectivity index (χ3v) is 6.43. The molecule has 10 atom stereocenters. The zero-order chi connectivity index (χ0) is 27.6. The standard InChI is InChI=1S/C26H32O12/c1-12-19(29)21(31)23(33)25(36-12)35-11-18-20(30)22(32)24(34)26(38-18)37-17-9-14(8-16(28)10-17)3-2-13-4-6-15(27)7-5-13/h2-10,12,18-34H,11H2,1H3/b3-2-/t12-,18+,19-,20+,21+,22-,23+,24+,25+,26+/m0/s1. The molecule has 0 aliphatic carbocycles. The average molecular weight is 537 g/mol. The Morgan fingerprint density at radius 1 is 0.684 bits per heavy atom. The first-order chi connectivity index (χ1) is 18.0. The zero-order valence-corrected chi connectivity index (χ0v) is 20.4. The van der Waals surface area contributed by atoms with Gasteiger partial charge in [-0.15, -0.1) is 0 Å². The Morgan fingerprint density at radius 3 is 2.03 bits per heavy atom. The van der Waals surface area contributed by atoms with E-state index in [0.29, 0.717) is 5.56 Å². The van der Waals surface area contributed by atoms with E-state index < -0.39 is 68.0 Å². The van der Waals surface area contributed by atoms with E-state index in [2.05, 4.69) is 0 Å². The van der Waals surface area contributed by atoms with Gasteiger partial charge in [0, 0.05) is 6.07 Å². The summed E-state index contributed by atoms with van der Waals surface area (Å²) in [5.74, 6) is 0.0854. The molecule has 2 saturated heterocycles. The van der Waals surface area contributed by atoms with Gasteiger partial charge < -0.3 is 59.8 Å². The highest BCUT2D eigenvalue weighted by Gasteiger charge is 2.47. The summed E-state index contributed by atoms with van der Waals surface area (Å²) in [6.07, 6.45) is -10.8. The van der Waals surface area contributed by atoms with Gasteiger partial charge in [0.15, 0.2) is 6.29 Å². The lowest BCUT2D eigenvalue weighted by Crippen LogP contribution is -2.61. The van der Waals surface area contributed by atoms with Crippen LogP contribution >= 0.6 is 0 Å². The first-order valence-electron chi connectivity index (χ1n) is 12.0. The first kappa shape index (κ1) is 28.2. The molecule has 2 heterocycles. The molecule has 0 spiro atoms. The fourth-order valence-electron chi connectivity index (χ4n) is 4.17. The van der Waals surface area contributed by atoms with E-state index in [1.54, 1.807) is 30.4 Å². The number of ether oxygens (including phenoxy) is 4. The van der Waals surface area contributed by atoms with E-state index in [4.69, 9.17) is 18.9 Å². The Balaban J connectivity index is 1.43. The maximum absolute atomic E-state index is 10.4. The van der Waals surface area contributed by atoms with Crippen LogP contribution in [0.5, 0.6) is 17.2 Å². The van der Waals surface area contributed by atoms with Crippen LogP contribution < -0.4 is 4.74 Å². The summed E-state index contributed by atoms with van der Waals surface area (Å²) in [5, 5.41) is 80.6. The highest BCUT2D eigenvalue weighted by atomic mass is 16.7. The Hall–Kier alpha value is -2.78. The van der Waals surface area contributed by atoms with Crippen LogP contribution in [0.25, 0.3) is 12.2 Å². The second-order valence-electron chi connectivity index (χ2n) is 9.33. The Kier molecular flexibility index (Phi) is 8.88. The molecule has 8 N–H and O–H groups in total. The predicted octanol–water partition coefficient (Wildman–Crippen LogP) is -0.701. The van der Waals surface area contributed by atoms with Crippen molar-refractivity contribution in [3.8, 4) is 17.2 Å². The molecule has 0 aromatic heterocycles. The first-order valence-corrected chi connectivity index (χ1v) is 12.0. The van der Waals surface area contributed by atoms with Crippen molar-refractivity contribution in [3.63, 3.8) is 0 Å². The number of aliphatic hydroxyl groups excluding tert-OH is 6. The fourth-order valence-corrected chi connectivity index (χ4v) is 4.17. The number of hydrogen-bond acceptors (Lipinski definition) is 12. The monoisotopic (exact) mass is 536 g/mol. The van der Waals surface area contributed by atoms with Crippen molar-refractivity contribution in [1.82, 2.24) is 0 Å². The molecule has 2 aromatic rings. The predicted molar refractivity (Wildman–Crippen MR) is 131 cm³/mol. The van der Waals surface area contributed by atoms with Crippen LogP contribution in [0.4, 0.5) is 0 Å². The van der Waals surface area contributed by atoms with Gasteiger partial charge in [0.2, 0.25) is 6.29 Å². The maximum Gasteiger partial charge on any atom is 0.229 e. The molecule has 12 nitrogen and oxygen atoms in total. The van der Waals surface area contributed by atoms with Crippen molar-refractivity contribution < 1.29 is 59.8 Å². The molecule has 0 amide bonds. The smallest absolute Gasteiger partial charge is 0.229 e. The topological polar surface area (TPSA) is 199 Å². The van der Waals surface area contributed by atoms with Gasteiger partial charge in [0.05, 0.1) is 12.7 Å². The van der Waals surface area contributed by atoms with Gasteiger partial charge in [-0.3, -0.25) is 0 Å². The van der Waals surface area contributed by atoms with Crippen molar-refractivity contribution in [2.75, 3.05) is 6.61 Å². The average Bonchev–Trinajstić information content (AvgIpc) is 2.89. The normalized spacial score (nSPS) is 35.9. The van der Waals surface area contributed by atoms with Crippen molar-refractivity contribution in [2.45, 2.75) is 68.3 Å². The van der Waals surface area contributed by atoms with Gasteiger partial charge in [-0.25, -0.2) is 0 Å². The summed E-state index contributed by atoms with van der Waals surface area (Å²) >= 11 is 0. The molecule has 0 radical (unpaired) electrons. The zero-order valence-electron chi connectivity index (χ0n) is 20.4. The van der Waals surface area contributed by atoms with Crippen LogP contribution in [0.2, 0.25) is 0 Å². The fraction of sp³-hybridized carbons (Fsp3) is 0.462. The highest BCUT2D eigenvalue weighted by Crippen LogP contribution is 2.29. The molecule has 38 heavy (non-hydrogen) atoms. The molecular weight excluding hydrogens is 504 g/mol. The van der Waals surface area contributed by atoms with E-state index in [-0.39, 0.29) is 17.2 Å². The Bertz CT molecular complexity index is 1090. The van der Waals surface area contributed by atoms with Gasteiger partial charge >= 0.3 is 0 Å². The van der Waals surface area contributed by atoms with Gasteiger partial charge in [-0.2, -0.15) is 0 Å². The van der Waals surface area contributed by atoms with E-state index in [0.717, 1.165) is 5.56 Å².